The zero-order valence-electron chi connectivity index (χ0n) is 14.5. The summed E-state index contributed by atoms with van der Waals surface area (Å²) in [7, 11) is 0. The summed E-state index contributed by atoms with van der Waals surface area (Å²) < 4.78 is 0. The number of hydrogen-bond donors (Lipinski definition) is 10. The quantitative estimate of drug-likeness (QED) is 0.207. The zero-order valence-corrected chi connectivity index (χ0v) is 14.5. The van der Waals surface area contributed by atoms with Crippen LogP contribution in [0.4, 0.5) is 5.95 Å². The van der Waals surface area contributed by atoms with Crippen LogP contribution in [-0.4, -0.2) is 105 Å². The van der Waals surface area contributed by atoms with Crippen LogP contribution in [0.5, 0.6) is 0 Å². The number of aromatic nitrogens is 4. The Hall–Kier alpha value is -2.30. The van der Waals surface area contributed by atoms with E-state index in [2.05, 4.69) is 19.9 Å². The van der Waals surface area contributed by atoms with Gasteiger partial charge in [-0.1, -0.05) is 0 Å². The van der Waals surface area contributed by atoms with Crippen LogP contribution in [0.2, 0.25) is 0 Å². The van der Waals surface area contributed by atoms with Crippen LogP contribution in [-0.2, 0) is 0 Å². The number of nitrogen functional groups attached to an aromatic ring is 1. The Morgan fingerprint density at radius 3 is 1.96 bits per heavy atom. The number of fused-ring (bicyclic) bond motifs is 1. The monoisotopic (exact) mass is 405 g/mol. The molecule has 0 aliphatic carbocycles. The molecule has 0 aliphatic rings. The Morgan fingerprint density at radius 2 is 1.46 bits per heavy atom. The summed E-state index contributed by atoms with van der Waals surface area (Å²) in [5.74, 6) is -0.0921. The van der Waals surface area contributed by atoms with Gasteiger partial charge in [-0.2, -0.15) is 4.98 Å². The average Bonchev–Trinajstić information content (AvgIpc) is 2.70. The predicted molar refractivity (Wildman–Crippen MR) is 92.6 cm³/mol. The molecule has 2 rings (SSSR count). The van der Waals surface area contributed by atoms with Crippen molar-refractivity contribution in [2.75, 3.05) is 25.6 Å². The van der Waals surface area contributed by atoms with E-state index >= 15 is 0 Å². The van der Waals surface area contributed by atoms with Gasteiger partial charge in [0.1, 0.15) is 30.5 Å². The lowest BCUT2D eigenvalue weighted by Gasteiger charge is -2.19. The number of nitrogens with zero attached hydrogens (tertiary/aromatic N) is 3. The van der Waals surface area contributed by atoms with Crippen LogP contribution >= 0.6 is 0 Å². The molecule has 0 fully saturated rings. The van der Waals surface area contributed by atoms with Crippen LogP contribution in [0.25, 0.3) is 11.2 Å². The molecule has 0 amide bonds. The largest absolute Gasteiger partial charge is 0.394 e. The normalized spacial score (nSPS) is 16.6. The third-order valence-electron chi connectivity index (χ3n) is 3.47. The summed E-state index contributed by atoms with van der Waals surface area (Å²) in [6.07, 6.45) is -5.99. The number of H-pyrrole nitrogens is 1. The fraction of sp³-hybridized carbons (Fsp3) is 0.571. The van der Waals surface area contributed by atoms with Crippen molar-refractivity contribution in [1.29, 1.82) is 0 Å². The molecular formula is C14H23N5O9. The summed E-state index contributed by atoms with van der Waals surface area (Å²) in [6, 6.07) is 0. The summed E-state index contributed by atoms with van der Waals surface area (Å²) in [4.78, 5) is 25.2. The van der Waals surface area contributed by atoms with Crippen molar-refractivity contribution in [3.05, 3.63) is 22.2 Å². The number of aromatic amines is 1. The fourth-order valence-corrected chi connectivity index (χ4v) is 1.86. The molecule has 14 nitrogen and oxygen atoms in total. The average molecular weight is 405 g/mol. The Bertz CT molecular complexity index is 794. The van der Waals surface area contributed by atoms with E-state index in [1.165, 1.54) is 0 Å². The summed E-state index contributed by atoms with van der Waals surface area (Å²) >= 11 is 0. The first-order valence-electron chi connectivity index (χ1n) is 7.91. The Kier molecular flexibility index (Phi) is 9.23. The highest BCUT2D eigenvalue weighted by molar-refractivity contribution is 5.69. The molecule has 11 N–H and O–H groups in total. The van der Waals surface area contributed by atoms with Crippen LogP contribution in [0, 0.1) is 0 Å². The topological polar surface area (TPSA) is 259 Å². The minimum absolute atomic E-state index is 0.0330. The molecule has 0 saturated heterocycles. The van der Waals surface area contributed by atoms with Gasteiger partial charge in [-0.15, -0.1) is 0 Å². The first-order valence-corrected chi connectivity index (χ1v) is 7.91. The predicted octanol–water partition coefficient (Wildman–Crippen LogP) is -5.26. The molecule has 0 spiro atoms. The van der Waals surface area contributed by atoms with Gasteiger partial charge in [-0.25, -0.2) is 9.97 Å². The second-order valence-corrected chi connectivity index (χ2v) is 5.60. The van der Waals surface area contributed by atoms with Crippen molar-refractivity contribution >= 4 is 17.1 Å². The number of nitrogens with one attached hydrogen (secondary N) is 1. The van der Waals surface area contributed by atoms with Gasteiger partial charge in [0.05, 0.1) is 31.7 Å². The maximum absolute atomic E-state index is 11.5. The van der Waals surface area contributed by atoms with E-state index in [4.69, 9.17) is 36.4 Å². The van der Waals surface area contributed by atoms with Crippen molar-refractivity contribution in [2.24, 2.45) is 0 Å². The third-order valence-corrected chi connectivity index (χ3v) is 3.47. The molecule has 2 aromatic rings. The minimum Gasteiger partial charge on any atom is -0.394 e. The molecule has 0 saturated carbocycles. The molecule has 5 atom stereocenters. The van der Waals surface area contributed by atoms with Crippen LogP contribution in [0.3, 0.4) is 0 Å². The number of anilines is 1. The standard InChI is InChI=1S/C9H11N5O4.C5H12O5/c10-9-13-7-5(8(18)14-9)12-3(1-11-7)6(17)4(16)2-15;6-1-3(8)5(10)4(9)2-7/h1,4,6,15-17H,2H2,(H3,10,11,13,14,18);3-10H,1-2H2/t4-,6+;3-,4+,5+/m1./s1. The van der Waals surface area contributed by atoms with Gasteiger partial charge in [0.25, 0.3) is 5.56 Å². The van der Waals surface area contributed by atoms with Gasteiger partial charge in [-0.3, -0.25) is 9.78 Å². The van der Waals surface area contributed by atoms with E-state index < -0.39 is 55.9 Å². The lowest BCUT2D eigenvalue weighted by molar-refractivity contribution is -0.0900. The number of hydrogen-bond acceptors (Lipinski definition) is 13. The summed E-state index contributed by atoms with van der Waals surface area (Å²) in [5.41, 5.74) is 4.62. The molecule has 0 aromatic carbocycles. The van der Waals surface area contributed by atoms with Gasteiger partial charge >= 0.3 is 0 Å². The smallest absolute Gasteiger partial charge is 0.280 e. The van der Waals surface area contributed by atoms with Crippen molar-refractivity contribution in [2.45, 2.75) is 30.5 Å². The maximum Gasteiger partial charge on any atom is 0.280 e. The van der Waals surface area contributed by atoms with Crippen molar-refractivity contribution in [3.63, 3.8) is 0 Å². The Balaban J connectivity index is 0.000000336. The second kappa shape index (κ2) is 10.9. The highest BCUT2D eigenvalue weighted by atomic mass is 16.4. The first kappa shape index (κ1) is 23.7. The molecular weight excluding hydrogens is 382 g/mol. The molecule has 0 bridgehead atoms. The second-order valence-electron chi connectivity index (χ2n) is 5.60. The number of rotatable bonds is 7. The highest BCUT2D eigenvalue weighted by Crippen LogP contribution is 2.14. The van der Waals surface area contributed by atoms with Gasteiger partial charge in [0.2, 0.25) is 5.95 Å². The van der Waals surface area contributed by atoms with Gasteiger partial charge in [-0.05, 0) is 0 Å². The van der Waals surface area contributed by atoms with E-state index in [0.717, 1.165) is 6.20 Å². The van der Waals surface area contributed by atoms with E-state index in [1.54, 1.807) is 0 Å². The van der Waals surface area contributed by atoms with E-state index in [0.29, 0.717) is 0 Å². The fourth-order valence-electron chi connectivity index (χ4n) is 1.86. The number of nitrogens with two attached hydrogens (primary N) is 1. The zero-order chi connectivity index (χ0) is 21.4. The SMILES string of the molecule is Nc1nc2ncc([C@H](O)[C@H](O)CO)nc2c(=O)[nH]1.OC[C@@H](O)[C@H](O)[C@@H](O)CO. The lowest BCUT2D eigenvalue weighted by Crippen LogP contribution is -2.41. The number of aliphatic hydroxyl groups is 8. The van der Waals surface area contributed by atoms with Crippen molar-refractivity contribution in [1.82, 2.24) is 19.9 Å². The molecule has 2 heterocycles. The molecule has 158 valence electrons. The molecule has 14 heteroatoms. The molecule has 0 radical (unpaired) electrons. The van der Waals surface area contributed by atoms with Crippen LogP contribution in [0.15, 0.2) is 11.0 Å². The molecule has 28 heavy (non-hydrogen) atoms. The number of aliphatic hydroxyl groups excluding tert-OH is 8. The lowest BCUT2D eigenvalue weighted by atomic mass is 10.1. The Labute approximate surface area is 157 Å². The minimum atomic E-state index is -1.49. The highest BCUT2D eigenvalue weighted by Gasteiger charge is 2.23. The third kappa shape index (κ3) is 6.11. The molecule has 0 aliphatic heterocycles. The van der Waals surface area contributed by atoms with Gasteiger partial charge in [0, 0.05) is 0 Å². The first-order chi connectivity index (χ1) is 13.2. The van der Waals surface area contributed by atoms with E-state index in [1.807, 2.05) is 0 Å². The Morgan fingerprint density at radius 1 is 0.929 bits per heavy atom. The van der Waals surface area contributed by atoms with Gasteiger partial charge in [0.15, 0.2) is 11.2 Å². The summed E-state index contributed by atoms with van der Waals surface area (Å²) in [6.45, 7) is -1.92. The molecule has 0 unspecified atom stereocenters. The van der Waals surface area contributed by atoms with E-state index in [-0.39, 0.29) is 22.8 Å². The maximum atomic E-state index is 11.5. The summed E-state index contributed by atoms with van der Waals surface area (Å²) in [5, 5.41) is 70.2. The van der Waals surface area contributed by atoms with Crippen LogP contribution < -0.4 is 11.3 Å². The molecule has 2 aromatic heterocycles. The van der Waals surface area contributed by atoms with Crippen LogP contribution in [0.1, 0.15) is 11.8 Å². The van der Waals surface area contributed by atoms with Gasteiger partial charge < -0.3 is 46.6 Å². The van der Waals surface area contributed by atoms with Crippen molar-refractivity contribution < 1.29 is 40.9 Å². The van der Waals surface area contributed by atoms with Crippen molar-refractivity contribution in [3.8, 4) is 0 Å². The van der Waals surface area contributed by atoms with E-state index in [9.17, 15) is 15.0 Å².